The molecule has 2 nitrogen and oxygen atoms in total. The van der Waals surface area contributed by atoms with E-state index in [0.717, 1.165) is 24.3 Å². The molecule has 2 N–H and O–H groups in total. The second kappa shape index (κ2) is 6.79. The van der Waals surface area contributed by atoms with Crippen LogP contribution in [0.2, 0.25) is 0 Å². The zero-order valence-corrected chi connectivity index (χ0v) is 14.2. The summed E-state index contributed by atoms with van der Waals surface area (Å²) in [6.07, 6.45) is 8.36. The van der Waals surface area contributed by atoms with Crippen LogP contribution in [-0.4, -0.2) is 30.6 Å². The van der Waals surface area contributed by atoms with Gasteiger partial charge in [-0.25, -0.2) is 0 Å². The Hall–Kier alpha value is -0.0800. The van der Waals surface area contributed by atoms with E-state index in [2.05, 4.69) is 32.6 Å². The van der Waals surface area contributed by atoms with E-state index in [9.17, 15) is 0 Å². The summed E-state index contributed by atoms with van der Waals surface area (Å²) < 4.78 is 0. The van der Waals surface area contributed by atoms with Gasteiger partial charge in [0, 0.05) is 12.6 Å². The van der Waals surface area contributed by atoms with Gasteiger partial charge in [0.15, 0.2) is 0 Å². The molecule has 1 aliphatic heterocycles. The lowest BCUT2D eigenvalue weighted by molar-refractivity contribution is 0.0618. The average Bonchev–Trinajstić information content (AvgIpc) is 2.41. The van der Waals surface area contributed by atoms with Gasteiger partial charge in [-0.1, -0.05) is 27.7 Å². The Morgan fingerprint density at radius 3 is 2.00 bits per heavy atom. The smallest absolute Gasteiger partial charge is 0.0246 e. The van der Waals surface area contributed by atoms with Crippen molar-refractivity contribution in [3.05, 3.63) is 0 Å². The van der Waals surface area contributed by atoms with Crippen molar-refractivity contribution in [1.29, 1.82) is 0 Å². The van der Waals surface area contributed by atoms with E-state index in [4.69, 9.17) is 5.73 Å². The molecule has 0 amide bonds. The molecular formula is C18H36N2. The summed E-state index contributed by atoms with van der Waals surface area (Å²) in [4.78, 5) is 2.71. The minimum Gasteiger partial charge on any atom is -0.329 e. The molecule has 118 valence electrons. The van der Waals surface area contributed by atoms with Crippen molar-refractivity contribution in [3.8, 4) is 0 Å². The van der Waals surface area contributed by atoms with Crippen LogP contribution in [0.25, 0.3) is 0 Å². The molecule has 1 saturated heterocycles. The van der Waals surface area contributed by atoms with Crippen LogP contribution >= 0.6 is 0 Å². The van der Waals surface area contributed by atoms with Crippen LogP contribution < -0.4 is 5.73 Å². The van der Waals surface area contributed by atoms with Crippen LogP contribution in [-0.2, 0) is 0 Å². The average molecular weight is 280 g/mol. The molecular weight excluding hydrogens is 244 g/mol. The highest BCUT2D eigenvalue weighted by atomic mass is 15.2. The van der Waals surface area contributed by atoms with Gasteiger partial charge in [0.1, 0.15) is 0 Å². The van der Waals surface area contributed by atoms with Crippen molar-refractivity contribution in [3.63, 3.8) is 0 Å². The fraction of sp³-hybridized carbons (Fsp3) is 1.00. The first-order valence-corrected chi connectivity index (χ1v) is 8.86. The third-order valence-corrected chi connectivity index (χ3v) is 6.07. The molecule has 1 heterocycles. The molecule has 2 fully saturated rings. The summed E-state index contributed by atoms with van der Waals surface area (Å²) in [5.74, 6) is 2.69. The lowest BCUT2D eigenvalue weighted by atomic mass is 9.68. The van der Waals surface area contributed by atoms with Crippen molar-refractivity contribution in [1.82, 2.24) is 4.90 Å². The Balaban J connectivity index is 1.87. The van der Waals surface area contributed by atoms with E-state index < -0.39 is 0 Å². The predicted octanol–water partition coefficient (Wildman–Crippen LogP) is 3.90. The van der Waals surface area contributed by atoms with Crippen molar-refractivity contribution in [2.75, 3.05) is 19.6 Å². The lowest BCUT2D eigenvalue weighted by Crippen LogP contribution is -2.49. The van der Waals surface area contributed by atoms with Gasteiger partial charge in [-0.15, -0.1) is 0 Å². The van der Waals surface area contributed by atoms with E-state index in [0.29, 0.717) is 11.5 Å². The molecule has 0 aromatic carbocycles. The molecule has 2 rings (SSSR count). The fourth-order valence-corrected chi connectivity index (χ4v) is 4.37. The molecule has 0 aromatic rings. The van der Waals surface area contributed by atoms with Gasteiger partial charge in [-0.3, -0.25) is 4.90 Å². The zero-order valence-electron chi connectivity index (χ0n) is 14.2. The highest BCUT2D eigenvalue weighted by molar-refractivity contribution is 4.88. The number of likely N-dealkylation sites (tertiary alicyclic amines) is 1. The standard InChI is InChI=1S/C18H36N2/c1-14-9-11-20(12-10-14)17(13-19)15-5-7-16(8-6-15)18(2,3)4/h14-17H,5-13,19H2,1-4H3. The first-order valence-electron chi connectivity index (χ1n) is 8.86. The van der Waals surface area contributed by atoms with Gasteiger partial charge in [0.25, 0.3) is 0 Å². The molecule has 0 bridgehead atoms. The second-order valence-corrected chi connectivity index (χ2v) is 8.50. The highest BCUT2D eigenvalue weighted by Crippen LogP contribution is 2.41. The lowest BCUT2D eigenvalue weighted by Gasteiger charge is -2.44. The van der Waals surface area contributed by atoms with Gasteiger partial charge >= 0.3 is 0 Å². The highest BCUT2D eigenvalue weighted by Gasteiger charge is 2.35. The zero-order chi connectivity index (χ0) is 14.8. The number of rotatable bonds is 3. The minimum atomic E-state index is 0.490. The van der Waals surface area contributed by atoms with Gasteiger partial charge in [-0.2, -0.15) is 0 Å². The molecule has 1 atom stereocenters. The summed E-state index contributed by atoms with van der Waals surface area (Å²) in [6, 6.07) is 0.656. The molecule has 1 saturated carbocycles. The maximum absolute atomic E-state index is 6.15. The van der Waals surface area contributed by atoms with Crippen molar-refractivity contribution in [2.45, 2.75) is 72.3 Å². The predicted molar refractivity (Wildman–Crippen MR) is 87.7 cm³/mol. The van der Waals surface area contributed by atoms with E-state index in [-0.39, 0.29) is 0 Å². The van der Waals surface area contributed by atoms with E-state index in [1.165, 1.54) is 51.6 Å². The van der Waals surface area contributed by atoms with Gasteiger partial charge in [0.2, 0.25) is 0 Å². The third-order valence-electron chi connectivity index (χ3n) is 6.07. The van der Waals surface area contributed by atoms with Gasteiger partial charge < -0.3 is 5.73 Å². The number of nitrogens with zero attached hydrogens (tertiary/aromatic N) is 1. The Bertz CT molecular complexity index is 278. The Morgan fingerprint density at radius 1 is 1.00 bits per heavy atom. The number of piperidine rings is 1. The molecule has 0 spiro atoms. The van der Waals surface area contributed by atoms with Crippen molar-refractivity contribution >= 4 is 0 Å². The second-order valence-electron chi connectivity index (χ2n) is 8.50. The Morgan fingerprint density at radius 2 is 1.55 bits per heavy atom. The Kier molecular flexibility index (Phi) is 5.53. The van der Waals surface area contributed by atoms with Gasteiger partial charge in [0.05, 0.1) is 0 Å². The summed E-state index contributed by atoms with van der Waals surface area (Å²) in [6.45, 7) is 13.0. The molecule has 1 aliphatic carbocycles. The van der Waals surface area contributed by atoms with Gasteiger partial charge in [-0.05, 0) is 74.8 Å². The molecule has 2 heteroatoms. The summed E-state index contributed by atoms with van der Waals surface area (Å²) >= 11 is 0. The SMILES string of the molecule is CC1CCN(C(CN)C2CCC(C(C)(C)C)CC2)CC1. The van der Waals surface area contributed by atoms with Crippen LogP contribution in [0.4, 0.5) is 0 Å². The number of hydrogen-bond acceptors (Lipinski definition) is 2. The molecule has 1 unspecified atom stereocenters. The Labute approximate surface area is 126 Å². The van der Waals surface area contributed by atoms with E-state index in [1.807, 2.05) is 0 Å². The minimum absolute atomic E-state index is 0.490. The quantitative estimate of drug-likeness (QED) is 0.849. The maximum Gasteiger partial charge on any atom is 0.0246 e. The molecule has 0 aromatic heterocycles. The van der Waals surface area contributed by atoms with Crippen molar-refractivity contribution < 1.29 is 0 Å². The first-order chi connectivity index (χ1) is 9.41. The van der Waals surface area contributed by atoms with Crippen LogP contribution in [0, 0.1) is 23.2 Å². The summed E-state index contributed by atoms with van der Waals surface area (Å²) in [7, 11) is 0. The number of hydrogen-bond donors (Lipinski definition) is 1. The van der Waals surface area contributed by atoms with Crippen LogP contribution in [0.1, 0.15) is 66.2 Å². The summed E-state index contributed by atoms with van der Waals surface area (Å²) in [5, 5.41) is 0. The topological polar surface area (TPSA) is 29.3 Å². The van der Waals surface area contributed by atoms with Crippen LogP contribution in [0.5, 0.6) is 0 Å². The monoisotopic (exact) mass is 280 g/mol. The fourth-order valence-electron chi connectivity index (χ4n) is 4.37. The largest absolute Gasteiger partial charge is 0.329 e. The van der Waals surface area contributed by atoms with E-state index >= 15 is 0 Å². The molecule has 2 aliphatic rings. The van der Waals surface area contributed by atoms with Crippen LogP contribution in [0.3, 0.4) is 0 Å². The maximum atomic E-state index is 6.15. The van der Waals surface area contributed by atoms with Crippen LogP contribution in [0.15, 0.2) is 0 Å². The summed E-state index contributed by atoms with van der Waals surface area (Å²) in [5.41, 5.74) is 6.64. The van der Waals surface area contributed by atoms with E-state index in [1.54, 1.807) is 0 Å². The molecule has 20 heavy (non-hydrogen) atoms. The third kappa shape index (κ3) is 3.98. The normalized spacial score (nSPS) is 32.2. The molecule has 0 radical (unpaired) electrons. The van der Waals surface area contributed by atoms with Crippen molar-refractivity contribution in [2.24, 2.45) is 28.9 Å². The number of nitrogens with two attached hydrogens (primary N) is 1. The first kappa shape index (κ1) is 16.3.